The van der Waals surface area contributed by atoms with Gasteiger partial charge in [0.25, 0.3) is 0 Å². The summed E-state index contributed by atoms with van der Waals surface area (Å²) in [5.74, 6) is -2.13. The van der Waals surface area contributed by atoms with E-state index in [1.807, 2.05) is 24.3 Å². The van der Waals surface area contributed by atoms with Crippen LogP contribution in [0.1, 0.15) is 42.5 Å². The second-order valence-corrected chi connectivity index (χ2v) is 5.50. The van der Waals surface area contributed by atoms with Gasteiger partial charge in [-0.2, -0.15) is 0 Å². The molecule has 0 saturated heterocycles. The summed E-state index contributed by atoms with van der Waals surface area (Å²) in [6, 6.07) is 12.6. The van der Waals surface area contributed by atoms with Crippen LogP contribution in [0.5, 0.6) is 0 Å². The first-order valence-corrected chi connectivity index (χ1v) is 7.49. The SMILES string of the molecule is O=C([O-])C1CCCCC1.O=C([O-])c1ccc2ccccc2c1.[Na+].[Na+]. The number of fused-ring (bicyclic) bond motifs is 1. The Hall–Kier alpha value is -0.360. The molecule has 0 aromatic heterocycles. The van der Waals surface area contributed by atoms with Crippen LogP contribution in [0.15, 0.2) is 42.5 Å². The molecule has 3 rings (SSSR count). The van der Waals surface area contributed by atoms with Crippen molar-refractivity contribution < 1.29 is 78.9 Å². The van der Waals surface area contributed by atoms with E-state index >= 15 is 0 Å². The summed E-state index contributed by atoms with van der Waals surface area (Å²) in [6.45, 7) is 0. The second-order valence-electron chi connectivity index (χ2n) is 5.50. The van der Waals surface area contributed by atoms with Crippen LogP contribution in [0.25, 0.3) is 10.8 Å². The standard InChI is InChI=1S/C11H8O2.C7H12O2.2Na/c12-11(13)10-6-5-8-3-1-2-4-9(8)7-10;8-7(9)6-4-2-1-3-5-6;;/h1-7H,(H,12,13);6H,1-5H2,(H,8,9);;/q;;2*+1/p-2. The molecule has 0 unspecified atom stereocenters. The Morgan fingerprint density at radius 2 is 1.42 bits per heavy atom. The van der Waals surface area contributed by atoms with Gasteiger partial charge in [-0.05, 0) is 41.2 Å². The van der Waals surface area contributed by atoms with Crippen LogP contribution in [0, 0.1) is 5.92 Å². The van der Waals surface area contributed by atoms with Gasteiger partial charge in [0.15, 0.2) is 0 Å². The topological polar surface area (TPSA) is 80.3 Å². The van der Waals surface area contributed by atoms with Gasteiger partial charge in [0.2, 0.25) is 0 Å². The monoisotopic (exact) mass is 344 g/mol. The molecule has 0 bridgehead atoms. The Kier molecular flexibility index (Phi) is 11.9. The summed E-state index contributed by atoms with van der Waals surface area (Å²) in [7, 11) is 0. The minimum Gasteiger partial charge on any atom is -0.550 e. The number of hydrogen-bond acceptors (Lipinski definition) is 4. The zero-order valence-corrected chi connectivity index (χ0v) is 18.3. The Morgan fingerprint density at radius 3 is 1.92 bits per heavy atom. The van der Waals surface area contributed by atoms with Crippen molar-refractivity contribution >= 4 is 22.7 Å². The van der Waals surface area contributed by atoms with Gasteiger partial charge in [0, 0.05) is 5.97 Å². The van der Waals surface area contributed by atoms with Crippen LogP contribution >= 0.6 is 0 Å². The molecule has 1 aliphatic carbocycles. The Labute approximate surface area is 186 Å². The smallest absolute Gasteiger partial charge is 0.550 e. The van der Waals surface area contributed by atoms with Crippen molar-refractivity contribution in [3.63, 3.8) is 0 Å². The molecule has 2 aromatic rings. The summed E-state index contributed by atoms with van der Waals surface area (Å²) >= 11 is 0. The van der Waals surface area contributed by atoms with Gasteiger partial charge >= 0.3 is 59.1 Å². The number of carboxylic acids is 2. The predicted octanol–water partition coefficient (Wildman–Crippen LogP) is -4.47. The Morgan fingerprint density at radius 1 is 0.833 bits per heavy atom. The summed E-state index contributed by atoms with van der Waals surface area (Å²) in [5, 5.41) is 22.7. The van der Waals surface area contributed by atoms with Crippen LogP contribution in [0.3, 0.4) is 0 Å². The van der Waals surface area contributed by atoms with Crippen molar-refractivity contribution in [3.05, 3.63) is 48.0 Å². The molecule has 0 amide bonds. The molecule has 0 radical (unpaired) electrons. The van der Waals surface area contributed by atoms with E-state index in [9.17, 15) is 19.8 Å². The van der Waals surface area contributed by atoms with Gasteiger partial charge in [-0.3, -0.25) is 0 Å². The normalized spacial score (nSPS) is 13.7. The third kappa shape index (κ3) is 7.26. The van der Waals surface area contributed by atoms with Crippen molar-refractivity contribution in [1.29, 1.82) is 0 Å². The number of hydrogen-bond donors (Lipinski definition) is 0. The molecule has 1 aliphatic rings. The minimum atomic E-state index is -1.13. The van der Waals surface area contributed by atoms with E-state index in [1.165, 1.54) is 6.42 Å². The first kappa shape index (κ1) is 23.6. The van der Waals surface area contributed by atoms with Gasteiger partial charge in [-0.1, -0.05) is 55.7 Å². The summed E-state index contributed by atoms with van der Waals surface area (Å²) in [5.41, 5.74) is 0.221. The summed E-state index contributed by atoms with van der Waals surface area (Å²) < 4.78 is 0. The summed E-state index contributed by atoms with van der Waals surface area (Å²) in [6.07, 6.45) is 5.01. The van der Waals surface area contributed by atoms with Crippen molar-refractivity contribution in [3.8, 4) is 0 Å². The van der Waals surface area contributed by atoms with Crippen molar-refractivity contribution in [1.82, 2.24) is 0 Å². The van der Waals surface area contributed by atoms with Crippen molar-refractivity contribution in [2.24, 2.45) is 5.92 Å². The maximum Gasteiger partial charge on any atom is 1.00 e. The zero-order chi connectivity index (χ0) is 15.9. The van der Waals surface area contributed by atoms with Gasteiger partial charge in [0.05, 0.1) is 5.97 Å². The molecular weight excluding hydrogens is 326 g/mol. The van der Waals surface area contributed by atoms with Gasteiger partial charge in [0.1, 0.15) is 0 Å². The maximum atomic E-state index is 10.5. The van der Waals surface area contributed by atoms with E-state index in [0.717, 1.165) is 36.5 Å². The second kappa shape index (κ2) is 12.1. The van der Waals surface area contributed by atoms with Crippen molar-refractivity contribution in [2.75, 3.05) is 0 Å². The number of carboxylic acid groups (broad SMARTS) is 2. The third-order valence-electron chi connectivity index (χ3n) is 3.92. The maximum absolute atomic E-state index is 10.5. The van der Waals surface area contributed by atoms with E-state index in [-0.39, 0.29) is 70.6 Å². The van der Waals surface area contributed by atoms with Crippen LogP contribution < -0.4 is 69.3 Å². The largest absolute Gasteiger partial charge is 1.00 e. The number of rotatable bonds is 2. The molecular formula is C18H18Na2O4. The quantitative estimate of drug-likeness (QED) is 0.515. The number of benzene rings is 2. The van der Waals surface area contributed by atoms with E-state index in [2.05, 4.69) is 0 Å². The fraction of sp³-hybridized carbons (Fsp3) is 0.333. The molecule has 2 aromatic carbocycles. The summed E-state index contributed by atoms with van der Waals surface area (Å²) in [4.78, 5) is 20.8. The number of carbonyl (C=O) groups is 2. The predicted molar refractivity (Wildman–Crippen MR) is 79.9 cm³/mol. The molecule has 1 saturated carbocycles. The molecule has 1 fully saturated rings. The van der Waals surface area contributed by atoms with E-state index in [1.54, 1.807) is 18.2 Å². The van der Waals surface area contributed by atoms with Gasteiger partial charge in [-0.25, -0.2) is 0 Å². The third-order valence-corrected chi connectivity index (χ3v) is 3.92. The van der Waals surface area contributed by atoms with E-state index < -0.39 is 11.9 Å². The van der Waals surface area contributed by atoms with Crippen LogP contribution in [-0.2, 0) is 4.79 Å². The molecule has 116 valence electrons. The van der Waals surface area contributed by atoms with Crippen molar-refractivity contribution in [2.45, 2.75) is 32.1 Å². The molecule has 0 heterocycles. The van der Waals surface area contributed by atoms with E-state index in [4.69, 9.17) is 0 Å². The fourth-order valence-electron chi connectivity index (χ4n) is 2.65. The number of aliphatic carboxylic acids is 1. The number of carbonyl (C=O) groups excluding carboxylic acids is 2. The molecule has 24 heavy (non-hydrogen) atoms. The van der Waals surface area contributed by atoms with Gasteiger partial charge in [-0.15, -0.1) is 0 Å². The first-order chi connectivity index (χ1) is 10.6. The van der Waals surface area contributed by atoms with Gasteiger partial charge < -0.3 is 19.8 Å². The molecule has 0 aliphatic heterocycles. The van der Waals surface area contributed by atoms with Crippen LogP contribution in [0.2, 0.25) is 0 Å². The van der Waals surface area contributed by atoms with E-state index in [0.29, 0.717) is 0 Å². The molecule has 0 atom stereocenters. The average Bonchev–Trinajstić information content (AvgIpc) is 2.55. The molecule has 6 heteroatoms. The average molecular weight is 344 g/mol. The molecule has 4 nitrogen and oxygen atoms in total. The minimum absolute atomic E-state index is 0. The van der Waals surface area contributed by atoms with Crippen LogP contribution in [-0.4, -0.2) is 11.9 Å². The number of aromatic carboxylic acids is 1. The van der Waals surface area contributed by atoms with Crippen LogP contribution in [0.4, 0.5) is 0 Å². The Bertz CT molecular complexity index is 667. The Balaban J connectivity index is 0.000000431. The fourth-order valence-corrected chi connectivity index (χ4v) is 2.65. The zero-order valence-electron chi connectivity index (χ0n) is 14.3. The first-order valence-electron chi connectivity index (χ1n) is 7.49. The molecule has 0 N–H and O–H groups in total. The molecule has 0 spiro atoms.